The third-order valence-corrected chi connectivity index (χ3v) is 6.28. The van der Waals surface area contributed by atoms with Gasteiger partial charge in [0.1, 0.15) is 0 Å². The van der Waals surface area contributed by atoms with E-state index in [0.717, 1.165) is 44.9 Å². The summed E-state index contributed by atoms with van der Waals surface area (Å²) in [6, 6.07) is 0. The molecule has 0 saturated carbocycles. The van der Waals surface area contributed by atoms with Crippen molar-refractivity contribution in [1.29, 1.82) is 0 Å². The Morgan fingerprint density at radius 1 is 0.692 bits per heavy atom. The van der Waals surface area contributed by atoms with Crippen LogP contribution in [-0.4, -0.2) is 29.4 Å². The van der Waals surface area contributed by atoms with Gasteiger partial charge in [-0.2, -0.15) is 0 Å². The summed E-state index contributed by atoms with van der Waals surface area (Å²) in [5, 5.41) is 9.13. The Morgan fingerprint density at radius 2 is 1.08 bits per heavy atom. The summed E-state index contributed by atoms with van der Waals surface area (Å²) >= 11 is 0. The fraction of sp³-hybridized carbons (Fsp3) is 1.00. The molecule has 1 N–H and O–H groups in total. The molecule has 6 heteroatoms. The van der Waals surface area contributed by atoms with Crippen molar-refractivity contribution in [3.05, 3.63) is 0 Å². The van der Waals surface area contributed by atoms with E-state index in [1.54, 1.807) is 0 Å². The Hall–Kier alpha value is 0.870. The third kappa shape index (κ3) is 18.2. The van der Waals surface area contributed by atoms with Gasteiger partial charge in [-0.15, -0.1) is 0 Å². The minimum absolute atomic E-state index is 0. The molecule has 0 amide bonds. The number of hydrogen-bond acceptors (Lipinski definition) is 4. The van der Waals surface area contributed by atoms with Crippen molar-refractivity contribution in [3.63, 3.8) is 0 Å². The van der Waals surface area contributed by atoms with Gasteiger partial charge in [0, 0.05) is 5.25 Å². The molecule has 0 aromatic heterocycles. The maximum Gasteiger partial charge on any atom is 1.00 e. The van der Waals surface area contributed by atoms with Gasteiger partial charge < -0.3 is 9.66 Å². The van der Waals surface area contributed by atoms with Gasteiger partial charge in [-0.1, -0.05) is 84.5 Å². The van der Waals surface area contributed by atoms with Crippen LogP contribution < -0.4 is 29.6 Å². The van der Waals surface area contributed by atoms with Crippen molar-refractivity contribution in [3.8, 4) is 0 Å². The van der Waals surface area contributed by atoms with Gasteiger partial charge in [0.2, 0.25) is 0 Å². The average molecular weight is 401 g/mol. The zero-order valence-electron chi connectivity index (χ0n) is 17.5. The van der Waals surface area contributed by atoms with E-state index in [9.17, 15) is 18.1 Å². The molecule has 0 bridgehead atoms. The molecular weight excluding hydrogens is 359 g/mol. The normalized spacial score (nSPS) is 14.0. The van der Waals surface area contributed by atoms with Crippen LogP contribution in [0, 0.1) is 0 Å². The van der Waals surface area contributed by atoms with Gasteiger partial charge in [0.15, 0.2) is 0 Å². The van der Waals surface area contributed by atoms with Gasteiger partial charge >= 0.3 is 29.6 Å². The van der Waals surface area contributed by atoms with Crippen LogP contribution in [0.15, 0.2) is 0 Å². The van der Waals surface area contributed by atoms with Gasteiger partial charge in [0.25, 0.3) is 0 Å². The number of aliphatic hydroxyl groups excluding tert-OH is 1. The molecule has 0 saturated heterocycles. The summed E-state index contributed by atoms with van der Waals surface area (Å²) in [5.41, 5.74) is 0. The first-order chi connectivity index (χ1) is 11.9. The molecule has 0 aromatic carbocycles. The molecule has 152 valence electrons. The first kappa shape index (κ1) is 29.1. The van der Waals surface area contributed by atoms with Crippen molar-refractivity contribution in [1.82, 2.24) is 0 Å². The topological polar surface area (TPSA) is 77.4 Å². The largest absolute Gasteiger partial charge is 1.00 e. The predicted octanol–water partition coefficient (Wildman–Crippen LogP) is 2.55. The van der Waals surface area contributed by atoms with E-state index in [4.69, 9.17) is 0 Å². The number of aliphatic hydroxyl groups is 1. The number of rotatable bonds is 18. The van der Waals surface area contributed by atoms with E-state index in [1.165, 1.54) is 32.1 Å². The number of unbranched alkanes of at least 4 members (excludes halogenated alkanes) is 9. The van der Waals surface area contributed by atoms with Crippen molar-refractivity contribution < 1.29 is 47.6 Å². The summed E-state index contributed by atoms with van der Waals surface area (Å²) in [7, 11) is -4.22. The number of hydrogen-bond donors (Lipinski definition) is 1. The van der Waals surface area contributed by atoms with E-state index < -0.39 is 15.4 Å². The molecule has 0 aliphatic rings. The molecule has 0 fully saturated rings. The molecule has 0 rings (SSSR count). The summed E-state index contributed by atoms with van der Waals surface area (Å²) in [6.45, 7) is 4.33. The van der Waals surface area contributed by atoms with Crippen LogP contribution in [0.2, 0.25) is 0 Å². The minimum atomic E-state index is -4.22. The zero-order chi connectivity index (χ0) is 19.0. The summed E-state index contributed by atoms with van der Waals surface area (Å²) < 4.78 is 34.3. The Labute approximate surface area is 185 Å². The van der Waals surface area contributed by atoms with Crippen LogP contribution in [0.1, 0.15) is 117 Å². The summed E-state index contributed by atoms with van der Waals surface area (Å²) in [5.74, 6) is 0. The summed E-state index contributed by atoms with van der Waals surface area (Å²) in [4.78, 5) is 0. The van der Waals surface area contributed by atoms with E-state index in [1.807, 2.05) is 0 Å². The quantitative estimate of drug-likeness (QED) is 0.218. The standard InChI is InChI=1S/C20H42O4S.Na/c1-3-5-7-8-9-10-11-13-17-20(25(22,23)24)18-14-16-19(21)15-12-6-4-2;/h19-21H,3-18H2,1-2H3,(H,22,23,24);/q;+1/p-1. The van der Waals surface area contributed by atoms with Crippen LogP contribution >= 0.6 is 0 Å². The molecule has 0 aliphatic heterocycles. The Morgan fingerprint density at radius 3 is 1.62 bits per heavy atom. The van der Waals surface area contributed by atoms with Crippen LogP contribution in [0.5, 0.6) is 0 Å². The van der Waals surface area contributed by atoms with E-state index in [-0.39, 0.29) is 35.7 Å². The molecule has 0 spiro atoms. The van der Waals surface area contributed by atoms with Gasteiger partial charge in [0.05, 0.1) is 16.2 Å². The van der Waals surface area contributed by atoms with Gasteiger partial charge in [-0.05, 0) is 32.1 Å². The van der Waals surface area contributed by atoms with Crippen LogP contribution in [-0.2, 0) is 10.1 Å². The van der Waals surface area contributed by atoms with Crippen LogP contribution in [0.25, 0.3) is 0 Å². The smallest absolute Gasteiger partial charge is 0.748 e. The molecule has 4 nitrogen and oxygen atoms in total. The zero-order valence-corrected chi connectivity index (χ0v) is 20.4. The molecule has 2 atom stereocenters. The molecule has 0 aliphatic carbocycles. The molecule has 0 heterocycles. The van der Waals surface area contributed by atoms with Crippen molar-refractivity contribution >= 4 is 10.1 Å². The molecular formula is C20H41NaO4S. The van der Waals surface area contributed by atoms with Crippen molar-refractivity contribution in [2.75, 3.05) is 0 Å². The van der Waals surface area contributed by atoms with Crippen LogP contribution in [0.3, 0.4) is 0 Å². The predicted molar refractivity (Wildman–Crippen MR) is 105 cm³/mol. The molecule has 0 radical (unpaired) electrons. The maximum absolute atomic E-state index is 11.4. The SMILES string of the molecule is CCCCCCCCCCC(CCCC(O)CCCCC)S(=O)(=O)[O-].[Na+]. The Balaban J connectivity index is 0. The molecule has 2 unspecified atom stereocenters. The fourth-order valence-electron chi connectivity index (χ4n) is 3.29. The Bertz CT molecular complexity index is 387. The van der Waals surface area contributed by atoms with Crippen molar-refractivity contribution in [2.24, 2.45) is 0 Å². The van der Waals surface area contributed by atoms with Gasteiger partial charge in [-0.3, -0.25) is 0 Å². The molecule has 0 aromatic rings. The van der Waals surface area contributed by atoms with E-state index in [2.05, 4.69) is 13.8 Å². The van der Waals surface area contributed by atoms with E-state index in [0.29, 0.717) is 25.7 Å². The fourth-order valence-corrected chi connectivity index (χ4v) is 4.21. The Kier molecular flexibility index (Phi) is 21.5. The van der Waals surface area contributed by atoms with Crippen molar-refractivity contribution in [2.45, 2.75) is 128 Å². The van der Waals surface area contributed by atoms with Gasteiger partial charge in [-0.25, -0.2) is 8.42 Å². The maximum atomic E-state index is 11.4. The monoisotopic (exact) mass is 400 g/mol. The first-order valence-electron chi connectivity index (χ1n) is 10.5. The summed E-state index contributed by atoms with van der Waals surface area (Å²) in [6.07, 6.45) is 15.0. The third-order valence-electron chi connectivity index (χ3n) is 4.99. The second-order valence-corrected chi connectivity index (χ2v) is 9.11. The van der Waals surface area contributed by atoms with E-state index >= 15 is 0 Å². The minimum Gasteiger partial charge on any atom is -0.748 e. The molecule has 26 heavy (non-hydrogen) atoms. The second-order valence-electron chi connectivity index (χ2n) is 7.46. The second kappa shape index (κ2) is 19.2. The average Bonchev–Trinajstić information content (AvgIpc) is 2.54. The van der Waals surface area contributed by atoms with Crippen LogP contribution in [0.4, 0.5) is 0 Å². The first-order valence-corrected chi connectivity index (χ1v) is 12.0.